The lowest BCUT2D eigenvalue weighted by Gasteiger charge is -2.14. The van der Waals surface area contributed by atoms with Gasteiger partial charge in [0.15, 0.2) is 0 Å². The lowest BCUT2D eigenvalue weighted by Crippen LogP contribution is -2.26. The normalized spacial score (nSPS) is 13.6. The minimum absolute atomic E-state index is 0.0319. The highest BCUT2D eigenvalue weighted by molar-refractivity contribution is 5.12. The van der Waals surface area contributed by atoms with Crippen molar-refractivity contribution in [3.05, 3.63) is 30.1 Å². The third kappa shape index (κ3) is 6.23. The largest absolute Gasteiger partial charge is 0.411 e. The van der Waals surface area contributed by atoms with Gasteiger partial charge < -0.3 is 10.1 Å². The topological polar surface area (TPSA) is 34.1 Å². The number of nitrogens with one attached hydrogen (secondary N) is 1. The van der Waals surface area contributed by atoms with E-state index in [2.05, 4.69) is 15.0 Å². The van der Waals surface area contributed by atoms with Crippen molar-refractivity contribution in [2.45, 2.75) is 19.1 Å². The first kappa shape index (κ1) is 13.9. The Labute approximate surface area is 98.0 Å². The number of alkyl halides is 3. The van der Waals surface area contributed by atoms with E-state index in [0.717, 1.165) is 5.56 Å². The van der Waals surface area contributed by atoms with E-state index in [1.807, 2.05) is 19.1 Å². The Kier molecular flexibility index (Phi) is 5.37. The molecular formula is C11H15F3N2O. The fourth-order valence-corrected chi connectivity index (χ4v) is 1.29. The molecule has 0 unspecified atom stereocenters. The average Bonchev–Trinajstić information content (AvgIpc) is 2.28. The summed E-state index contributed by atoms with van der Waals surface area (Å²) >= 11 is 0. The molecule has 1 aromatic heterocycles. The highest BCUT2D eigenvalue weighted by Crippen LogP contribution is 2.14. The van der Waals surface area contributed by atoms with Gasteiger partial charge in [0, 0.05) is 25.0 Å². The molecule has 0 aliphatic carbocycles. The van der Waals surface area contributed by atoms with Crippen molar-refractivity contribution in [2.75, 3.05) is 19.8 Å². The molecule has 0 aromatic carbocycles. The number of halogens is 3. The van der Waals surface area contributed by atoms with Crippen LogP contribution in [0.3, 0.4) is 0 Å². The van der Waals surface area contributed by atoms with Gasteiger partial charge in [-0.2, -0.15) is 13.2 Å². The van der Waals surface area contributed by atoms with E-state index in [4.69, 9.17) is 0 Å². The molecule has 0 bridgehead atoms. The third-order valence-corrected chi connectivity index (χ3v) is 2.15. The number of hydrogen-bond donors (Lipinski definition) is 1. The molecular weight excluding hydrogens is 233 g/mol. The van der Waals surface area contributed by atoms with Crippen LogP contribution in [0.1, 0.15) is 18.5 Å². The average molecular weight is 248 g/mol. The van der Waals surface area contributed by atoms with E-state index in [0.29, 0.717) is 6.54 Å². The SMILES string of the molecule is C[C@@H](NCCOCC(F)(F)F)c1cccnc1. The number of hydrogen-bond acceptors (Lipinski definition) is 3. The zero-order valence-electron chi connectivity index (χ0n) is 9.50. The van der Waals surface area contributed by atoms with Crippen LogP contribution in [0.5, 0.6) is 0 Å². The van der Waals surface area contributed by atoms with Crippen molar-refractivity contribution in [3.63, 3.8) is 0 Å². The van der Waals surface area contributed by atoms with Gasteiger partial charge in [0.1, 0.15) is 6.61 Å². The summed E-state index contributed by atoms with van der Waals surface area (Å²) in [6.45, 7) is 1.12. The maximum Gasteiger partial charge on any atom is 0.411 e. The minimum Gasteiger partial charge on any atom is -0.371 e. The van der Waals surface area contributed by atoms with Crippen LogP contribution in [0.25, 0.3) is 0 Å². The number of ether oxygens (including phenoxy) is 1. The Balaban J connectivity index is 2.15. The zero-order chi connectivity index (χ0) is 12.7. The molecule has 1 heterocycles. The summed E-state index contributed by atoms with van der Waals surface area (Å²) in [7, 11) is 0. The van der Waals surface area contributed by atoms with Crippen molar-refractivity contribution >= 4 is 0 Å². The van der Waals surface area contributed by atoms with Crippen LogP contribution in [0.15, 0.2) is 24.5 Å². The van der Waals surface area contributed by atoms with Crippen LogP contribution in [0.4, 0.5) is 13.2 Å². The van der Waals surface area contributed by atoms with Gasteiger partial charge in [0.05, 0.1) is 6.61 Å². The molecule has 0 aliphatic rings. The fraction of sp³-hybridized carbons (Fsp3) is 0.545. The summed E-state index contributed by atoms with van der Waals surface area (Å²) in [5.41, 5.74) is 0.989. The lowest BCUT2D eigenvalue weighted by molar-refractivity contribution is -0.173. The summed E-state index contributed by atoms with van der Waals surface area (Å²) < 4.78 is 39.7. The van der Waals surface area contributed by atoms with Gasteiger partial charge in [0.2, 0.25) is 0 Å². The molecule has 0 aliphatic heterocycles. The van der Waals surface area contributed by atoms with Crippen molar-refractivity contribution in [2.24, 2.45) is 0 Å². The van der Waals surface area contributed by atoms with Crippen LogP contribution < -0.4 is 5.32 Å². The molecule has 1 aromatic rings. The second-order valence-electron chi connectivity index (χ2n) is 3.63. The van der Waals surface area contributed by atoms with E-state index in [1.54, 1.807) is 12.4 Å². The van der Waals surface area contributed by atoms with Gasteiger partial charge in [-0.1, -0.05) is 6.07 Å². The predicted octanol–water partition coefficient (Wildman–Crippen LogP) is 2.31. The lowest BCUT2D eigenvalue weighted by atomic mass is 10.1. The maximum absolute atomic E-state index is 11.8. The Bertz CT molecular complexity index is 316. The smallest absolute Gasteiger partial charge is 0.371 e. The molecule has 0 amide bonds. The van der Waals surface area contributed by atoms with E-state index in [-0.39, 0.29) is 12.6 Å². The molecule has 1 rings (SSSR count). The molecule has 0 spiro atoms. The number of pyridine rings is 1. The van der Waals surface area contributed by atoms with Crippen molar-refractivity contribution in [1.29, 1.82) is 0 Å². The molecule has 0 saturated heterocycles. The molecule has 0 saturated carbocycles. The highest BCUT2D eigenvalue weighted by atomic mass is 19.4. The van der Waals surface area contributed by atoms with Crippen LogP contribution >= 0.6 is 0 Å². The summed E-state index contributed by atoms with van der Waals surface area (Å²) in [6, 6.07) is 3.76. The van der Waals surface area contributed by atoms with Crippen LogP contribution in [0.2, 0.25) is 0 Å². The molecule has 1 N–H and O–H groups in total. The molecule has 17 heavy (non-hydrogen) atoms. The maximum atomic E-state index is 11.8. The van der Waals surface area contributed by atoms with E-state index in [1.165, 1.54) is 0 Å². The van der Waals surface area contributed by atoms with Gasteiger partial charge in [-0.15, -0.1) is 0 Å². The molecule has 96 valence electrons. The van der Waals surface area contributed by atoms with Crippen molar-refractivity contribution in [1.82, 2.24) is 10.3 Å². The fourth-order valence-electron chi connectivity index (χ4n) is 1.29. The first-order valence-electron chi connectivity index (χ1n) is 5.27. The Morgan fingerprint density at radius 2 is 2.24 bits per heavy atom. The summed E-state index contributed by atoms with van der Waals surface area (Å²) in [5, 5.41) is 3.05. The van der Waals surface area contributed by atoms with Gasteiger partial charge in [-0.25, -0.2) is 0 Å². The van der Waals surface area contributed by atoms with E-state index < -0.39 is 12.8 Å². The molecule has 0 fully saturated rings. The van der Waals surface area contributed by atoms with Gasteiger partial charge >= 0.3 is 6.18 Å². The van der Waals surface area contributed by atoms with Gasteiger partial charge in [-0.3, -0.25) is 4.98 Å². The summed E-state index contributed by atoms with van der Waals surface area (Å²) in [6.07, 6.45) is -0.869. The molecule has 3 nitrogen and oxygen atoms in total. The summed E-state index contributed by atoms with van der Waals surface area (Å²) in [4.78, 5) is 3.96. The van der Waals surface area contributed by atoms with Crippen LogP contribution in [0, 0.1) is 0 Å². The third-order valence-electron chi connectivity index (χ3n) is 2.15. The highest BCUT2D eigenvalue weighted by Gasteiger charge is 2.27. The minimum atomic E-state index is -4.25. The van der Waals surface area contributed by atoms with Crippen LogP contribution in [-0.2, 0) is 4.74 Å². The Hall–Kier alpha value is -1.14. The second-order valence-corrected chi connectivity index (χ2v) is 3.63. The molecule has 6 heteroatoms. The van der Waals surface area contributed by atoms with Crippen LogP contribution in [-0.4, -0.2) is 30.9 Å². The zero-order valence-corrected chi connectivity index (χ0v) is 9.50. The molecule has 1 atom stereocenters. The Morgan fingerprint density at radius 1 is 1.47 bits per heavy atom. The number of nitrogens with zero attached hydrogens (tertiary/aromatic N) is 1. The first-order chi connectivity index (χ1) is 7.99. The van der Waals surface area contributed by atoms with Gasteiger partial charge in [-0.05, 0) is 18.6 Å². The second kappa shape index (κ2) is 6.56. The Morgan fingerprint density at radius 3 is 2.82 bits per heavy atom. The first-order valence-corrected chi connectivity index (χ1v) is 5.27. The van der Waals surface area contributed by atoms with Crippen molar-refractivity contribution < 1.29 is 17.9 Å². The number of rotatable bonds is 6. The standard InChI is InChI=1S/C11H15F3N2O/c1-9(10-3-2-4-15-7-10)16-5-6-17-8-11(12,13)14/h2-4,7,9,16H,5-6,8H2,1H3/t9-/m1/s1. The quantitative estimate of drug-likeness (QED) is 0.784. The predicted molar refractivity (Wildman–Crippen MR) is 57.5 cm³/mol. The summed E-state index contributed by atoms with van der Waals surface area (Å²) in [5.74, 6) is 0. The molecule has 0 radical (unpaired) electrons. The van der Waals surface area contributed by atoms with E-state index >= 15 is 0 Å². The van der Waals surface area contributed by atoms with Crippen molar-refractivity contribution in [3.8, 4) is 0 Å². The van der Waals surface area contributed by atoms with Gasteiger partial charge in [0.25, 0.3) is 0 Å². The number of aromatic nitrogens is 1. The van der Waals surface area contributed by atoms with E-state index in [9.17, 15) is 13.2 Å². The monoisotopic (exact) mass is 248 g/mol.